The molecule has 0 aliphatic heterocycles. The summed E-state index contributed by atoms with van der Waals surface area (Å²) in [5, 5.41) is 61.8. The molecule has 15 heteroatoms. The van der Waals surface area contributed by atoms with E-state index in [1.54, 1.807) is 6.92 Å². The number of fused-ring (bicyclic) bond motifs is 3. The Balaban J connectivity index is 1.76. The monoisotopic (exact) mass is 629 g/mol. The number of likely N-dealkylation sites (N-methyl/N-ethyl adjacent to an activating group) is 1. The quantitative estimate of drug-likeness (QED) is 0.123. The van der Waals surface area contributed by atoms with Crippen molar-refractivity contribution in [3.05, 3.63) is 40.2 Å². The predicted molar refractivity (Wildman–Crippen MR) is 159 cm³/mol. The number of phenolic OH excluding ortho intramolecular Hbond substituents is 1. The van der Waals surface area contributed by atoms with E-state index < -0.39 is 106 Å². The summed E-state index contributed by atoms with van der Waals surface area (Å²) < 4.78 is 0. The Morgan fingerprint density at radius 1 is 1.11 bits per heavy atom. The zero-order valence-electron chi connectivity index (χ0n) is 25.5. The Kier molecular flexibility index (Phi) is 8.87. The summed E-state index contributed by atoms with van der Waals surface area (Å²) in [6.45, 7) is 4.89. The van der Waals surface area contributed by atoms with Crippen molar-refractivity contribution in [2.24, 2.45) is 29.2 Å². The highest BCUT2D eigenvalue weighted by Crippen LogP contribution is 2.56. The molecular weight excluding hydrogens is 590 g/mol. The van der Waals surface area contributed by atoms with Gasteiger partial charge in [0, 0.05) is 11.5 Å². The van der Waals surface area contributed by atoms with Gasteiger partial charge in [0.25, 0.3) is 5.91 Å². The molecule has 244 valence electrons. The summed E-state index contributed by atoms with van der Waals surface area (Å²) in [7, 11) is 2.84. The van der Waals surface area contributed by atoms with Gasteiger partial charge in [-0.3, -0.25) is 28.9 Å². The summed E-state index contributed by atoms with van der Waals surface area (Å²) in [5.41, 5.74) is 6.33. The van der Waals surface area contributed by atoms with E-state index in [9.17, 15) is 49.5 Å². The van der Waals surface area contributed by atoms with Crippen molar-refractivity contribution in [3.8, 4) is 5.75 Å². The van der Waals surface area contributed by atoms with Crippen LogP contribution in [0.15, 0.2) is 29.0 Å². The van der Waals surface area contributed by atoms with Crippen LogP contribution < -0.4 is 22.1 Å². The third-order valence-corrected chi connectivity index (χ3v) is 8.89. The molecule has 3 aliphatic rings. The Morgan fingerprint density at radius 3 is 2.29 bits per heavy atom. The van der Waals surface area contributed by atoms with Crippen molar-refractivity contribution in [2.45, 2.75) is 56.9 Å². The number of phenols is 1. The number of nitrogens with two attached hydrogens (primary N) is 2. The first-order valence-electron chi connectivity index (χ1n) is 14.4. The highest BCUT2D eigenvalue weighted by molar-refractivity contribution is 6.24. The number of amides is 3. The maximum atomic E-state index is 14.1. The highest BCUT2D eigenvalue weighted by Gasteiger charge is 2.68. The lowest BCUT2D eigenvalue weighted by molar-refractivity contribution is -0.169. The van der Waals surface area contributed by atoms with E-state index in [2.05, 4.69) is 10.6 Å². The van der Waals surface area contributed by atoms with E-state index in [1.807, 2.05) is 13.8 Å². The third kappa shape index (κ3) is 5.24. The zero-order valence-corrected chi connectivity index (χ0v) is 25.5. The number of benzene rings is 1. The molecule has 0 bridgehead atoms. The van der Waals surface area contributed by atoms with E-state index in [1.165, 1.54) is 31.1 Å². The Morgan fingerprint density at radius 2 is 1.73 bits per heavy atom. The van der Waals surface area contributed by atoms with E-state index in [-0.39, 0.29) is 22.7 Å². The molecule has 15 nitrogen and oxygen atoms in total. The number of aromatic hydroxyl groups is 1. The molecule has 3 amide bonds. The standard InChI is InChI=1S/C30H39N5O10/c1-10(2)8-13(31)29(44)33-9-15(36)34-14-7-6-12-11(3)16-18(23(38)17(12)22(14)37)26(41)30(45)20(24(16)39)21(35(4)5)25(40)19(27(30)42)28(32)43/h6-7,10-11,13,16,20-21,24,37-39,42,45H,8-9,31H2,1-5H3,(H2,32,43)(H,33,44)(H,34,36)/t11-,13-,16?,20?,21-,24?,30-/m0/s1. The molecule has 7 atom stereocenters. The molecular formula is C30H39N5O10. The number of carbonyl (C=O) groups is 5. The maximum Gasteiger partial charge on any atom is 0.255 e. The smallest absolute Gasteiger partial charge is 0.255 e. The van der Waals surface area contributed by atoms with Gasteiger partial charge in [0.05, 0.1) is 41.9 Å². The average Bonchev–Trinajstić information content (AvgIpc) is 2.94. The van der Waals surface area contributed by atoms with Gasteiger partial charge in [0.15, 0.2) is 11.4 Å². The lowest BCUT2D eigenvalue weighted by Crippen LogP contribution is -2.70. The van der Waals surface area contributed by atoms with Crippen molar-refractivity contribution < 1.29 is 49.5 Å². The second kappa shape index (κ2) is 11.9. The van der Waals surface area contributed by atoms with Crippen LogP contribution >= 0.6 is 0 Å². The van der Waals surface area contributed by atoms with Crippen LogP contribution in [0.5, 0.6) is 5.75 Å². The van der Waals surface area contributed by atoms with Crippen molar-refractivity contribution in [2.75, 3.05) is 26.0 Å². The number of ketones is 2. The van der Waals surface area contributed by atoms with E-state index in [0.29, 0.717) is 6.42 Å². The predicted octanol–water partition coefficient (Wildman–Crippen LogP) is -1.08. The minimum atomic E-state index is -3.04. The van der Waals surface area contributed by atoms with Gasteiger partial charge in [-0.15, -0.1) is 0 Å². The average molecular weight is 630 g/mol. The normalized spacial score (nSPS) is 28.4. The van der Waals surface area contributed by atoms with Crippen LogP contribution in [0.2, 0.25) is 0 Å². The fourth-order valence-corrected chi connectivity index (χ4v) is 6.83. The van der Waals surface area contributed by atoms with Gasteiger partial charge in [-0.1, -0.05) is 26.8 Å². The van der Waals surface area contributed by atoms with Gasteiger partial charge in [0.1, 0.15) is 22.8 Å². The second-order valence-electron chi connectivity index (χ2n) is 12.5. The highest BCUT2D eigenvalue weighted by atomic mass is 16.4. The van der Waals surface area contributed by atoms with Crippen molar-refractivity contribution in [1.82, 2.24) is 10.2 Å². The van der Waals surface area contributed by atoms with Crippen LogP contribution in [-0.4, -0.2) is 104 Å². The van der Waals surface area contributed by atoms with Crippen LogP contribution in [0.1, 0.15) is 44.2 Å². The molecule has 0 spiro atoms. The number of Topliss-reactive ketones (excluding diaryl/α,β-unsaturated/α-hetero) is 2. The largest absolute Gasteiger partial charge is 0.508 e. The molecule has 4 rings (SSSR count). The molecule has 1 aromatic carbocycles. The molecule has 0 radical (unpaired) electrons. The molecule has 3 aliphatic carbocycles. The van der Waals surface area contributed by atoms with Gasteiger partial charge < -0.3 is 47.6 Å². The first-order valence-corrected chi connectivity index (χ1v) is 14.4. The van der Waals surface area contributed by atoms with Crippen LogP contribution in [0.3, 0.4) is 0 Å². The lowest BCUT2D eigenvalue weighted by atomic mass is 9.54. The van der Waals surface area contributed by atoms with Gasteiger partial charge in [0.2, 0.25) is 17.6 Å². The summed E-state index contributed by atoms with van der Waals surface area (Å²) in [6, 6.07) is 0.502. The Labute approximate surface area is 258 Å². The molecule has 1 fully saturated rings. The van der Waals surface area contributed by atoms with Gasteiger partial charge >= 0.3 is 0 Å². The number of aliphatic hydroxyl groups excluding tert-OH is 3. The molecule has 0 saturated heterocycles. The van der Waals surface area contributed by atoms with Crippen LogP contribution in [0.4, 0.5) is 5.69 Å². The number of rotatable bonds is 8. The molecule has 3 unspecified atom stereocenters. The van der Waals surface area contributed by atoms with Crippen molar-refractivity contribution in [3.63, 3.8) is 0 Å². The van der Waals surface area contributed by atoms with Crippen LogP contribution in [-0.2, 0) is 24.0 Å². The summed E-state index contributed by atoms with van der Waals surface area (Å²) in [4.78, 5) is 65.6. The molecule has 11 N–H and O–H groups in total. The minimum Gasteiger partial charge on any atom is -0.508 e. The fraction of sp³-hybridized carbons (Fsp3) is 0.500. The fourth-order valence-electron chi connectivity index (χ4n) is 6.83. The van der Waals surface area contributed by atoms with Gasteiger partial charge in [-0.25, -0.2) is 0 Å². The SMILES string of the molecule is CC(C)C[C@H](N)C(=O)NCC(=O)Nc1ccc2c(c1O)C(O)=C1C(=O)[C@]3(O)C(O)=C(C(N)=O)C(=O)[C@@H](N(C)C)C3C(O)C1[C@H]2C. The van der Waals surface area contributed by atoms with Crippen molar-refractivity contribution >= 4 is 40.7 Å². The number of aliphatic hydroxyl groups is 4. The van der Waals surface area contributed by atoms with Crippen LogP contribution in [0, 0.1) is 17.8 Å². The number of hydrogen-bond donors (Lipinski definition) is 9. The molecule has 0 aromatic heterocycles. The summed E-state index contributed by atoms with van der Waals surface area (Å²) in [6.07, 6.45) is -1.33. The van der Waals surface area contributed by atoms with E-state index in [4.69, 9.17) is 11.5 Å². The molecule has 45 heavy (non-hydrogen) atoms. The topological polar surface area (TPSA) is 266 Å². The van der Waals surface area contributed by atoms with E-state index >= 15 is 0 Å². The minimum absolute atomic E-state index is 0.153. The Bertz CT molecular complexity index is 1550. The molecule has 0 heterocycles. The number of primary amides is 1. The number of hydrogen-bond acceptors (Lipinski definition) is 12. The first kappa shape index (κ1) is 33.6. The maximum absolute atomic E-state index is 14.1. The van der Waals surface area contributed by atoms with Gasteiger partial charge in [-0.2, -0.15) is 0 Å². The number of anilines is 1. The summed E-state index contributed by atoms with van der Waals surface area (Å²) >= 11 is 0. The van der Waals surface area contributed by atoms with E-state index in [0.717, 1.165) is 0 Å². The number of nitrogens with one attached hydrogen (secondary N) is 2. The zero-order chi connectivity index (χ0) is 33.9. The lowest BCUT2D eigenvalue weighted by Gasteiger charge is -2.53. The Hall–Kier alpha value is -4.31. The summed E-state index contributed by atoms with van der Waals surface area (Å²) in [5.74, 6) is -11.4. The van der Waals surface area contributed by atoms with Gasteiger partial charge in [-0.05, 0) is 44.0 Å². The third-order valence-electron chi connectivity index (χ3n) is 8.89. The first-order chi connectivity index (χ1) is 20.9. The van der Waals surface area contributed by atoms with Crippen molar-refractivity contribution in [1.29, 1.82) is 0 Å². The molecule has 1 saturated carbocycles. The molecule has 1 aromatic rings. The number of nitrogens with zero attached hydrogens (tertiary/aromatic N) is 1. The van der Waals surface area contributed by atoms with Crippen LogP contribution in [0.25, 0.3) is 5.76 Å². The second-order valence-corrected chi connectivity index (χ2v) is 12.5. The number of carbonyl (C=O) groups excluding carboxylic acids is 5.